The molecule has 6 rings (SSSR count). The van der Waals surface area contributed by atoms with Gasteiger partial charge in [-0.2, -0.15) is 0 Å². The summed E-state index contributed by atoms with van der Waals surface area (Å²) >= 11 is 0. The minimum absolute atomic E-state index is 0.0217. The van der Waals surface area contributed by atoms with E-state index in [0.717, 1.165) is 19.1 Å². The lowest BCUT2D eigenvalue weighted by Crippen LogP contribution is -2.20. The number of aryl methyl sites for hydroxylation is 2. The average Bonchev–Trinajstić information content (AvgIpc) is 3.57. The highest BCUT2D eigenvalue weighted by molar-refractivity contribution is 7.90. The predicted octanol–water partition coefficient (Wildman–Crippen LogP) is 6.15. The Labute approximate surface area is 255 Å². The molecule has 0 aliphatic heterocycles. The Hall–Kier alpha value is -4.87. The van der Waals surface area contributed by atoms with Crippen molar-refractivity contribution in [3.63, 3.8) is 0 Å². The van der Waals surface area contributed by atoms with Crippen molar-refractivity contribution in [1.82, 2.24) is 7.94 Å². The summed E-state index contributed by atoms with van der Waals surface area (Å²) in [4.78, 5) is 13.6. The maximum atomic E-state index is 14.2. The molecule has 0 bridgehead atoms. The molecule has 11 heteroatoms. The largest absolute Gasteiger partial charge is 0.497 e. The van der Waals surface area contributed by atoms with Gasteiger partial charge in [0, 0.05) is 28.1 Å². The summed E-state index contributed by atoms with van der Waals surface area (Å²) in [6, 6.07) is 24.4. The smallest absolute Gasteiger partial charge is 0.356 e. The van der Waals surface area contributed by atoms with Crippen molar-refractivity contribution in [1.29, 1.82) is 0 Å². The molecule has 0 fully saturated rings. The van der Waals surface area contributed by atoms with Gasteiger partial charge in [-0.05, 0) is 62.4 Å². The summed E-state index contributed by atoms with van der Waals surface area (Å²) in [5.74, 6) is -0.461. The average molecular weight is 629 g/mol. The van der Waals surface area contributed by atoms with E-state index in [1.807, 2.05) is 13.8 Å². The van der Waals surface area contributed by atoms with Gasteiger partial charge < -0.3 is 9.47 Å². The fraction of sp³-hybridized carbons (Fsp3) is 0.121. The van der Waals surface area contributed by atoms with Gasteiger partial charge in [-0.15, -0.1) is 0 Å². The number of esters is 1. The Morgan fingerprint density at radius 3 is 1.86 bits per heavy atom. The molecule has 0 aliphatic carbocycles. The summed E-state index contributed by atoms with van der Waals surface area (Å²) in [5, 5.41) is 0.846. The number of aromatic nitrogens is 2. The van der Waals surface area contributed by atoms with Gasteiger partial charge in [0.15, 0.2) is 5.69 Å². The molecule has 0 radical (unpaired) electrons. The maximum Gasteiger partial charge on any atom is 0.356 e. The van der Waals surface area contributed by atoms with Gasteiger partial charge >= 0.3 is 5.97 Å². The first kappa shape index (κ1) is 29.2. The first-order chi connectivity index (χ1) is 21.0. The third kappa shape index (κ3) is 4.56. The van der Waals surface area contributed by atoms with Gasteiger partial charge in [-0.25, -0.2) is 29.6 Å². The lowest BCUT2D eigenvalue weighted by molar-refractivity contribution is 0.0594. The van der Waals surface area contributed by atoms with Crippen LogP contribution in [0, 0.1) is 13.8 Å². The van der Waals surface area contributed by atoms with Crippen LogP contribution in [0.5, 0.6) is 5.75 Å². The summed E-state index contributed by atoms with van der Waals surface area (Å²) in [6.07, 6.45) is 1.41. The van der Waals surface area contributed by atoms with Gasteiger partial charge in [-0.3, -0.25) is 0 Å². The minimum atomic E-state index is -4.32. The van der Waals surface area contributed by atoms with Crippen molar-refractivity contribution in [3.8, 4) is 16.9 Å². The highest BCUT2D eigenvalue weighted by Gasteiger charge is 2.34. The number of hydrogen-bond acceptors (Lipinski definition) is 7. The van der Waals surface area contributed by atoms with E-state index in [0.29, 0.717) is 27.6 Å². The van der Waals surface area contributed by atoms with Crippen LogP contribution in [0.1, 0.15) is 21.6 Å². The third-order valence-electron chi connectivity index (χ3n) is 7.59. The Kier molecular flexibility index (Phi) is 7.10. The molecule has 224 valence electrons. The van der Waals surface area contributed by atoms with E-state index in [4.69, 9.17) is 9.47 Å². The Morgan fingerprint density at radius 1 is 0.682 bits per heavy atom. The number of nitrogens with zero attached hydrogens (tertiary/aromatic N) is 2. The van der Waals surface area contributed by atoms with E-state index in [9.17, 15) is 21.6 Å². The van der Waals surface area contributed by atoms with Gasteiger partial charge in [0.2, 0.25) is 0 Å². The van der Waals surface area contributed by atoms with Crippen molar-refractivity contribution >= 4 is 47.8 Å². The van der Waals surface area contributed by atoms with Crippen LogP contribution in [0.4, 0.5) is 0 Å². The number of benzene rings is 4. The van der Waals surface area contributed by atoms with Crippen LogP contribution in [0.2, 0.25) is 0 Å². The molecule has 0 amide bonds. The predicted molar refractivity (Wildman–Crippen MR) is 168 cm³/mol. The fourth-order valence-corrected chi connectivity index (χ4v) is 8.24. The first-order valence-corrected chi connectivity index (χ1v) is 16.4. The van der Waals surface area contributed by atoms with Crippen LogP contribution in [-0.2, 0) is 24.8 Å². The maximum absolute atomic E-state index is 14.2. The van der Waals surface area contributed by atoms with E-state index in [2.05, 4.69) is 0 Å². The number of ether oxygens (including phenoxy) is 2. The van der Waals surface area contributed by atoms with Crippen LogP contribution >= 0.6 is 0 Å². The molecule has 2 aromatic heterocycles. The second-order valence-electron chi connectivity index (χ2n) is 10.4. The Morgan fingerprint density at radius 2 is 1.27 bits per heavy atom. The van der Waals surface area contributed by atoms with Crippen molar-refractivity contribution in [2.45, 2.75) is 23.6 Å². The van der Waals surface area contributed by atoms with Gasteiger partial charge in [0.25, 0.3) is 20.0 Å². The normalized spacial score (nSPS) is 12.1. The van der Waals surface area contributed by atoms with Crippen molar-refractivity contribution in [3.05, 3.63) is 114 Å². The number of carbonyl (C=O) groups excluding carboxylic acids is 1. The molecule has 9 nitrogen and oxygen atoms in total. The van der Waals surface area contributed by atoms with E-state index in [1.54, 1.807) is 66.7 Å². The number of fused-ring (bicyclic) bond motifs is 2. The summed E-state index contributed by atoms with van der Waals surface area (Å²) in [6.45, 7) is 3.70. The van der Waals surface area contributed by atoms with Crippen LogP contribution in [0.15, 0.2) is 107 Å². The van der Waals surface area contributed by atoms with Crippen molar-refractivity contribution in [2.24, 2.45) is 0 Å². The highest BCUT2D eigenvalue weighted by Crippen LogP contribution is 2.43. The topological polar surface area (TPSA) is 114 Å². The molecule has 0 saturated carbocycles. The lowest BCUT2D eigenvalue weighted by Gasteiger charge is -2.12. The van der Waals surface area contributed by atoms with Crippen LogP contribution in [0.25, 0.3) is 32.9 Å². The van der Waals surface area contributed by atoms with Crippen LogP contribution < -0.4 is 4.74 Å². The molecule has 0 unspecified atom stereocenters. The molecule has 44 heavy (non-hydrogen) atoms. The fourth-order valence-electron chi connectivity index (χ4n) is 5.36. The Bertz CT molecular complexity index is 2300. The summed E-state index contributed by atoms with van der Waals surface area (Å²) in [7, 11) is -5.78. The molecule has 0 atom stereocenters. The van der Waals surface area contributed by atoms with E-state index < -0.39 is 26.0 Å². The highest BCUT2D eigenvalue weighted by atomic mass is 32.2. The number of hydrogen-bond donors (Lipinski definition) is 0. The van der Waals surface area contributed by atoms with Gasteiger partial charge in [-0.1, -0.05) is 53.6 Å². The van der Waals surface area contributed by atoms with E-state index >= 15 is 0 Å². The molecule has 0 aliphatic rings. The number of methoxy groups -OCH3 is 2. The number of para-hydroxylation sites is 1. The Balaban J connectivity index is 1.75. The molecular formula is C33H28N2O7S2. The van der Waals surface area contributed by atoms with Crippen LogP contribution in [0.3, 0.4) is 0 Å². The molecule has 0 saturated heterocycles. The zero-order valence-corrected chi connectivity index (χ0v) is 25.9. The quantitative estimate of drug-likeness (QED) is 0.195. The van der Waals surface area contributed by atoms with Crippen molar-refractivity contribution in [2.75, 3.05) is 14.2 Å². The zero-order valence-electron chi connectivity index (χ0n) is 24.3. The van der Waals surface area contributed by atoms with Crippen LogP contribution in [-0.4, -0.2) is 45.0 Å². The molecular weight excluding hydrogens is 601 g/mol. The SMILES string of the molecule is COC(=O)c1c(-c2cn(S(=O)(=O)c3ccc(C)cc3)c3ccc(OC)cc23)c2ccccc2n1S(=O)(=O)c1ccc(C)cc1. The minimum Gasteiger partial charge on any atom is -0.497 e. The lowest BCUT2D eigenvalue weighted by atomic mass is 10.0. The van der Waals surface area contributed by atoms with E-state index in [-0.39, 0.29) is 26.6 Å². The second-order valence-corrected chi connectivity index (χ2v) is 14.0. The van der Waals surface area contributed by atoms with Crippen molar-refractivity contribution < 1.29 is 31.1 Å². The zero-order chi connectivity index (χ0) is 31.4. The third-order valence-corrected chi connectivity index (χ3v) is 11.0. The molecule has 0 N–H and O–H groups in total. The monoisotopic (exact) mass is 628 g/mol. The number of rotatable bonds is 7. The molecule has 4 aromatic carbocycles. The molecule has 2 heterocycles. The number of carbonyl (C=O) groups is 1. The standard InChI is InChI=1S/C33H28N2O7S2/c1-21-9-14-24(15-10-21)43(37,38)34-20-28(27-19-23(41-3)13-18-29(27)34)31-26-7-5-6-8-30(26)35(32(31)33(36)42-4)44(39,40)25-16-11-22(2)12-17-25/h5-20H,1-4H3. The second kappa shape index (κ2) is 10.7. The summed E-state index contributed by atoms with van der Waals surface area (Å²) < 4.78 is 69.2. The first-order valence-electron chi connectivity index (χ1n) is 13.5. The summed E-state index contributed by atoms with van der Waals surface area (Å²) in [5.41, 5.74) is 2.57. The molecule has 6 aromatic rings. The van der Waals surface area contributed by atoms with Gasteiger partial charge in [0.1, 0.15) is 5.75 Å². The van der Waals surface area contributed by atoms with E-state index in [1.165, 1.54) is 44.7 Å². The molecule has 0 spiro atoms. The van der Waals surface area contributed by atoms with Gasteiger partial charge in [0.05, 0.1) is 35.0 Å².